The van der Waals surface area contributed by atoms with Crippen molar-refractivity contribution >= 4 is 11.9 Å². The monoisotopic (exact) mass is 642 g/mol. The molecule has 1 aliphatic heterocycles. The molecular formula is C38H62N2O6. The van der Waals surface area contributed by atoms with Gasteiger partial charge in [0.15, 0.2) is 0 Å². The third kappa shape index (κ3) is 10.1. The van der Waals surface area contributed by atoms with Gasteiger partial charge in [0.1, 0.15) is 5.75 Å². The summed E-state index contributed by atoms with van der Waals surface area (Å²) in [5, 5.41) is 21.7. The predicted molar refractivity (Wildman–Crippen MR) is 186 cm³/mol. The third-order valence-electron chi connectivity index (χ3n) is 9.40. The molecule has 0 saturated carbocycles. The Morgan fingerprint density at radius 2 is 1.39 bits per heavy atom. The van der Waals surface area contributed by atoms with Crippen molar-refractivity contribution in [2.24, 2.45) is 5.73 Å². The second kappa shape index (κ2) is 21.1. The molecule has 8 nitrogen and oxygen atoms in total. The molecule has 0 spiro atoms. The van der Waals surface area contributed by atoms with Crippen LogP contribution in [-0.4, -0.2) is 60.0 Å². The molecule has 1 unspecified atom stereocenters. The standard InChI is InChI=1S/C38H62N2O6/c1-6-10-11-12-13-14-15-16-17-18-19-20-21-23-30-24-22-25-32(46-9-4)34(30)38(7-2)33(36(41)42)29(5)40(8-3)31(28-45-27-26-39)35(38)37(43)44/h22,24-25H,6-21,23,26-28,39H2,1-5H3,(H,41,42)(H,43,44). The molecule has 46 heavy (non-hydrogen) atoms. The van der Waals surface area contributed by atoms with E-state index in [0.717, 1.165) is 24.8 Å². The van der Waals surface area contributed by atoms with Gasteiger partial charge in [0.2, 0.25) is 0 Å². The summed E-state index contributed by atoms with van der Waals surface area (Å²) >= 11 is 0. The van der Waals surface area contributed by atoms with Gasteiger partial charge in [-0.05, 0) is 51.7 Å². The first kappa shape index (κ1) is 39.3. The zero-order valence-corrected chi connectivity index (χ0v) is 29.4. The highest BCUT2D eigenvalue weighted by atomic mass is 16.5. The number of carboxylic acid groups (broad SMARTS) is 2. The second-order valence-electron chi connectivity index (χ2n) is 12.5. The van der Waals surface area contributed by atoms with Gasteiger partial charge in [-0.2, -0.15) is 0 Å². The van der Waals surface area contributed by atoms with Gasteiger partial charge in [-0.15, -0.1) is 0 Å². The quantitative estimate of drug-likeness (QED) is 0.0910. The molecule has 0 bridgehead atoms. The van der Waals surface area contributed by atoms with Crippen LogP contribution in [0.4, 0.5) is 0 Å². The van der Waals surface area contributed by atoms with Crippen molar-refractivity contribution in [2.45, 2.75) is 136 Å². The molecule has 0 radical (unpaired) electrons. The topological polar surface area (TPSA) is 122 Å². The molecule has 1 aromatic rings. The van der Waals surface area contributed by atoms with Gasteiger partial charge in [-0.25, -0.2) is 9.59 Å². The molecule has 0 amide bonds. The van der Waals surface area contributed by atoms with Crippen LogP contribution in [0.1, 0.15) is 136 Å². The lowest BCUT2D eigenvalue weighted by Crippen LogP contribution is -2.47. The van der Waals surface area contributed by atoms with Crippen molar-refractivity contribution in [1.82, 2.24) is 4.90 Å². The Kier molecular flexibility index (Phi) is 18.1. The number of nitrogens with zero attached hydrogens (tertiary/aromatic N) is 1. The molecule has 2 rings (SSSR count). The highest BCUT2D eigenvalue weighted by molar-refractivity contribution is 6.01. The molecule has 0 aromatic heterocycles. The molecule has 0 saturated heterocycles. The number of aliphatic carboxylic acids is 2. The lowest BCUT2D eigenvalue weighted by molar-refractivity contribution is -0.134. The number of carbonyl (C=O) groups is 2. The van der Waals surface area contributed by atoms with Crippen molar-refractivity contribution in [3.63, 3.8) is 0 Å². The average Bonchev–Trinajstić information content (AvgIpc) is 3.03. The van der Waals surface area contributed by atoms with Crippen LogP contribution in [0, 0.1) is 0 Å². The second-order valence-corrected chi connectivity index (χ2v) is 12.5. The first-order valence-electron chi connectivity index (χ1n) is 18.0. The molecule has 0 aliphatic carbocycles. The molecule has 1 atom stereocenters. The van der Waals surface area contributed by atoms with Crippen LogP contribution < -0.4 is 10.5 Å². The number of likely N-dealkylation sites (N-methyl/N-ethyl adjacent to an activating group) is 1. The molecule has 0 fully saturated rings. The number of nitrogens with two attached hydrogens (primary N) is 1. The molecule has 4 N–H and O–H groups in total. The van der Waals surface area contributed by atoms with Crippen molar-refractivity contribution in [2.75, 3.05) is 32.9 Å². The van der Waals surface area contributed by atoms with E-state index in [1.807, 2.05) is 39.0 Å². The highest BCUT2D eigenvalue weighted by Gasteiger charge is 2.53. The van der Waals surface area contributed by atoms with Crippen LogP contribution in [0.5, 0.6) is 5.75 Å². The number of ether oxygens (including phenoxy) is 2. The summed E-state index contributed by atoms with van der Waals surface area (Å²) in [6, 6.07) is 5.79. The fourth-order valence-corrected chi connectivity index (χ4v) is 7.28. The first-order chi connectivity index (χ1) is 22.3. The zero-order valence-electron chi connectivity index (χ0n) is 29.4. The van der Waals surface area contributed by atoms with Crippen LogP contribution in [0.25, 0.3) is 0 Å². The minimum atomic E-state index is -1.44. The minimum absolute atomic E-state index is 0.0175. The van der Waals surface area contributed by atoms with Crippen LogP contribution in [0.3, 0.4) is 0 Å². The number of carboxylic acids is 2. The van der Waals surface area contributed by atoms with Gasteiger partial charge < -0.3 is 30.3 Å². The van der Waals surface area contributed by atoms with Gasteiger partial charge >= 0.3 is 11.9 Å². The summed E-state index contributed by atoms with van der Waals surface area (Å²) in [5.41, 5.74) is 6.94. The normalized spacial score (nSPS) is 16.8. The van der Waals surface area contributed by atoms with Crippen LogP contribution in [0.2, 0.25) is 0 Å². The first-order valence-corrected chi connectivity index (χ1v) is 18.0. The van der Waals surface area contributed by atoms with Crippen molar-refractivity contribution in [3.05, 3.63) is 51.9 Å². The van der Waals surface area contributed by atoms with E-state index in [9.17, 15) is 19.8 Å². The number of hydrogen-bond acceptors (Lipinski definition) is 6. The fraction of sp³-hybridized carbons (Fsp3) is 0.684. The van der Waals surface area contributed by atoms with Gasteiger partial charge in [0, 0.05) is 24.4 Å². The highest BCUT2D eigenvalue weighted by Crippen LogP contribution is 2.53. The van der Waals surface area contributed by atoms with Crippen LogP contribution in [0.15, 0.2) is 40.7 Å². The number of unbranched alkanes of at least 4 members (excludes halogenated alkanes) is 12. The predicted octanol–water partition coefficient (Wildman–Crippen LogP) is 8.37. The summed E-state index contributed by atoms with van der Waals surface area (Å²) in [5.74, 6) is -1.75. The molecule has 1 aliphatic rings. The van der Waals surface area contributed by atoms with E-state index in [4.69, 9.17) is 15.2 Å². The summed E-state index contributed by atoms with van der Waals surface area (Å²) in [4.78, 5) is 28.3. The number of hydrogen-bond donors (Lipinski definition) is 3. The van der Waals surface area contributed by atoms with Crippen molar-refractivity contribution < 1.29 is 29.3 Å². The van der Waals surface area contributed by atoms with Crippen molar-refractivity contribution in [1.29, 1.82) is 0 Å². The molecule has 8 heteroatoms. The Hall–Kier alpha value is -2.84. The molecule has 1 heterocycles. The van der Waals surface area contributed by atoms with Crippen LogP contribution >= 0.6 is 0 Å². The van der Waals surface area contributed by atoms with E-state index in [0.29, 0.717) is 48.8 Å². The number of rotatable bonds is 25. The smallest absolute Gasteiger partial charge is 0.334 e. The van der Waals surface area contributed by atoms with E-state index in [-0.39, 0.29) is 30.8 Å². The summed E-state index contributed by atoms with van der Waals surface area (Å²) in [6.07, 6.45) is 17.3. The van der Waals surface area contributed by atoms with E-state index >= 15 is 0 Å². The zero-order chi connectivity index (χ0) is 34.0. The van der Waals surface area contributed by atoms with Gasteiger partial charge in [-0.1, -0.05) is 103 Å². The summed E-state index contributed by atoms with van der Waals surface area (Å²) in [6.45, 7) is 11.0. The average molecular weight is 643 g/mol. The van der Waals surface area contributed by atoms with Crippen LogP contribution in [-0.2, 0) is 26.2 Å². The van der Waals surface area contributed by atoms with Gasteiger partial charge in [0.05, 0.1) is 42.1 Å². The maximum atomic E-state index is 13.3. The summed E-state index contributed by atoms with van der Waals surface area (Å²) in [7, 11) is 0. The molecule has 1 aromatic carbocycles. The lowest BCUT2D eigenvalue weighted by atomic mass is 9.62. The van der Waals surface area contributed by atoms with E-state index in [1.54, 1.807) is 11.8 Å². The number of allylic oxidation sites excluding steroid dienone is 1. The lowest BCUT2D eigenvalue weighted by Gasteiger charge is -2.46. The van der Waals surface area contributed by atoms with E-state index < -0.39 is 17.4 Å². The molecular weight excluding hydrogens is 580 g/mol. The van der Waals surface area contributed by atoms with Gasteiger partial charge in [-0.3, -0.25) is 0 Å². The maximum absolute atomic E-state index is 13.3. The largest absolute Gasteiger partial charge is 0.494 e. The SMILES string of the molecule is CCCCCCCCCCCCCCCc1cccc(OCC)c1C1(CC)C(C(=O)O)=C(C)N(CC)C(COCCN)=C1C(=O)O. The number of aryl methyl sites for hydroxylation is 1. The van der Waals surface area contributed by atoms with Crippen molar-refractivity contribution in [3.8, 4) is 5.75 Å². The number of benzene rings is 1. The third-order valence-corrected chi connectivity index (χ3v) is 9.40. The maximum Gasteiger partial charge on any atom is 0.334 e. The Morgan fingerprint density at radius 1 is 0.826 bits per heavy atom. The molecule has 260 valence electrons. The Morgan fingerprint density at radius 3 is 1.87 bits per heavy atom. The minimum Gasteiger partial charge on any atom is -0.494 e. The fourth-order valence-electron chi connectivity index (χ4n) is 7.28. The summed E-state index contributed by atoms with van der Waals surface area (Å²) < 4.78 is 12.0. The van der Waals surface area contributed by atoms with Gasteiger partial charge in [0.25, 0.3) is 0 Å². The Balaban J connectivity index is 2.40. The Labute approximate surface area is 278 Å². The Bertz CT molecular complexity index is 1160. The van der Waals surface area contributed by atoms with E-state index in [1.165, 1.54) is 64.2 Å². The van der Waals surface area contributed by atoms with E-state index in [2.05, 4.69) is 6.92 Å².